The van der Waals surface area contributed by atoms with Crippen LogP contribution in [0.25, 0.3) is 22.1 Å². The second kappa shape index (κ2) is 9.77. The van der Waals surface area contributed by atoms with Crippen molar-refractivity contribution in [2.45, 2.75) is 18.8 Å². The zero-order valence-electron chi connectivity index (χ0n) is 20.3. The number of hydrogen-bond donors (Lipinski definition) is 1. The summed E-state index contributed by atoms with van der Waals surface area (Å²) in [6.07, 6.45) is -1.91. The number of carbonyl (C=O) groups excluding carboxylic acids is 1. The van der Waals surface area contributed by atoms with Crippen LogP contribution in [0.4, 0.5) is 23.8 Å². The Hall–Kier alpha value is -4.47. The average Bonchev–Trinajstić information content (AvgIpc) is 3.34. The Morgan fingerprint density at radius 1 is 0.974 bits per heavy atom. The van der Waals surface area contributed by atoms with Crippen LogP contribution in [0.5, 0.6) is 11.5 Å². The third-order valence-electron chi connectivity index (χ3n) is 6.48. The van der Waals surface area contributed by atoms with E-state index < -0.39 is 17.8 Å². The van der Waals surface area contributed by atoms with E-state index in [9.17, 15) is 27.9 Å². The van der Waals surface area contributed by atoms with Crippen molar-refractivity contribution in [3.8, 4) is 22.6 Å². The molecule has 0 radical (unpaired) electrons. The number of alkyl halides is 2. The molecule has 0 bridgehead atoms. The number of fused-ring (bicyclic) bond motifs is 1. The van der Waals surface area contributed by atoms with Crippen LogP contribution in [0, 0.1) is 5.82 Å². The smallest absolute Gasteiger partial charge is 0.413 e. The molecule has 3 aromatic carbocycles. The summed E-state index contributed by atoms with van der Waals surface area (Å²) in [4.78, 5) is 26.6. The van der Waals surface area contributed by atoms with Crippen LogP contribution in [0.15, 0.2) is 71.1 Å². The van der Waals surface area contributed by atoms with Gasteiger partial charge in [0.25, 0.3) is 11.8 Å². The molecule has 4 aromatic rings. The highest BCUT2D eigenvalue weighted by Gasteiger charge is 2.35. The minimum absolute atomic E-state index is 0.00193. The Kier molecular flexibility index (Phi) is 6.48. The van der Waals surface area contributed by atoms with E-state index in [2.05, 4.69) is 0 Å². The summed E-state index contributed by atoms with van der Waals surface area (Å²) in [5.74, 6) is -2.75. The summed E-state index contributed by atoms with van der Waals surface area (Å²) < 4.78 is 52.1. The molecule has 0 spiro atoms. The van der Waals surface area contributed by atoms with Crippen LogP contribution < -0.4 is 9.64 Å². The number of ether oxygens (including phenoxy) is 1. The molecule has 0 saturated carbocycles. The second-order valence-electron chi connectivity index (χ2n) is 9.10. The maximum absolute atomic E-state index is 13.5. The van der Waals surface area contributed by atoms with E-state index in [-0.39, 0.29) is 43.5 Å². The molecule has 2 amide bonds. The van der Waals surface area contributed by atoms with Crippen molar-refractivity contribution in [1.29, 1.82) is 0 Å². The normalized spacial score (nSPS) is 14.9. The molecule has 1 aliphatic heterocycles. The molecule has 7 nitrogen and oxygen atoms in total. The van der Waals surface area contributed by atoms with E-state index in [0.29, 0.717) is 27.8 Å². The number of rotatable bonds is 5. The van der Waals surface area contributed by atoms with Crippen LogP contribution >= 0.6 is 0 Å². The molecular weight excluding hydrogens is 501 g/mol. The number of piperidine rings is 1. The van der Waals surface area contributed by atoms with Crippen molar-refractivity contribution < 1.29 is 37.0 Å². The first kappa shape index (κ1) is 25.2. The van der Waals surface area contributed by atoms with Crippen molar-refractivity contribution in [2.75, 3.05) is 25.0 Å². The van der Waals surface area contributed by atoms with E-state index in [1.54, 1.807) is 42.5 Å². The monoisotopic (exact) mass is 524 g/mol. The Bertz CT molecular complexity index is 1490. The molecule has 5 rings (SSSR count). The molecule has 0 aliphatic carbocycles. The number of amides is 2. The number of halogens is 3. The van der Waals surface area contributed by atoms with Gasteiger partial charge in [0.1, 0.15) is 11.6 Å². The number of carbonyl (C=O) groups is 2. The minimum Gasteiger partial charge on any atom is -0.465 e. The molecule has 1 saturated heterocycles. The van der Waals surface area contributed by atoms with Crippen LogP contribution in [-0.2, 0) is 0 Å². The predicted octanol–water partition coefficient (Wildman–Crippen LogP) is 7.02. The Morgan fingerprint density at radius 2 is 1.63 bits per heavy atom. The number of benzene rings is 3. The van der Waals surface area contributed by atoms with Crippen LogP contribution in [-0.4, -0.2) is 48.1 Å². The van der Waals surface area contributed by atoms with Gasteiger partial charge in [-0.3, -0.25) is 9.69 Å². The number of anilines is 1. The molecule has 0 unspecified atom stereocenters. The van der Waals surface area contributed by atoms with E-state index >= 15 is 0 Å². The highest BCUT2D eigenvalue weighted by Crippen LogP contribution is 2.39. The highest BCUT2D eigenvalue weighted by molar-refractivity contribution is 5.96. The zero-order chi connectivity index (χ0) is 27.0. The van der Waals surface area contributed by atoms with Gasteiger partial charge in [-0.2, -0.15) is 0 Å². The summed E-state index contributed by atoms with van der Waals surface area (Å²) in [6, 6.07) is 17.2. The van der Waals surface area contributed by atoms with E-state index in [1.165, 1.54) is 36.2 Å². The molecule has 196 valence electrons. The van der Waals surface area contributed by atoms with Crippen LogP contribution in [0.1, 0.15) is 23.2 Å². The van der Waals surface area contributed by atoms with E-state index in [1.807, 2.05) is 0 Å². The van der Waals surface area contributed by atoms with Gasteiger partial charge in [0.2, 0.25) is 5.88 Å². The molecule has 10 heteroatoms. The number of furan rings is 1. The molecule has 1 fully saturated rings. The fraction of sp³-hybridized carbons (Fsp3) is 0.214. The van der Waals surface area contributed by atoms with Gasteiger partial charge in [-0.15, -0.1) is 0 Å². The zero-order valence-corrected chi connectivity index (χ0v) is 20.3. The highest BCUT2D eigenvalue weighted by atomic mass is 19.3. The topological polar surface area (TPSA) is 83.2 Å². The first-order valence-electron chi connectivity index (χ1n) is 11.8. The van der Waals surface area contributed by atoms with Crippen LogP contribution in [0.2, 0.25) is 0 Å². The lowest BCUT2D eigenvalue weighted by molar-refractivity contribution is -0.0494. The maximum atomic E-state index is 13.5. The van der Waals surface area contributed by atoms with E-state index in [4.69, 9.17) is 9.15 Å². The molecule has 2 heterocycles. The predicted molar refractivity (Wildman–Crippen MR) is 135 cm³/mol. The number of carboxylic acid groups (broad SMARTS) is 1. The van der Waals surface area contributed by atoms with E-state index in [0.717, 1.165) is 10.5 Å². The van der Waals surface area contributed by atoms with Gasteiger partial charge in [0.05, 0.1) is 0 Å². The van der Waals surface area contributed by atoms with Gasteiger partial charge < -0.3 is 19.2 Å². The van der Waals surface area contributed by atoms with Crippen molar-refractivity contribution in [3.05, 3.63) is 78.1 Å². The lowest BCUT2D eigenvalue weighted by Crippen LogP contribution is -2.42. The van der Waals surface area contributed by atoms with Gasteiger partial charge >= 0.3 is 6.09 Å². The maximum Gasteiger partial charge on any atom is 0.413 e. The third-order valence-corrected chi connectivity index (χ3v) is 6.48. The molecule has 1 aliphatic rings. The van der Waals surface area contributed by atoms with Crippen LogP contribution in [0.3, 0.4) is 0 Å². The fourth-order valence-electron chi connectivity index (χ4n) is 4.26. The Balaban J connectivity index is 1.47. The van der Waals surface area contributed by atoms with Gasteiger partial charge in [-0.05, 0) is 59.7 Å². The van der Waals surface area contributed by atoms with Crippen molar-refractivity contribution >= 4 is 28.9 Å². The lowest BCUT2D eigenvalue weighted by atomic mass is 10.0. The van der Waals surface area contributed by atoms with Gasteiger partial charge in [-0.25, -0.2) is 18.0 Å². The third kappa shape index (κ3) is 5.15. The number of likely N-dealkylation sites (tertiary alicyclic amines) is 1. The first-order chi connectivity index (χ1) is 18.1. The van der Waals surface area contributed by atoms with Gasteiger partial charge in [-0.1, -0.05) is 12.1 Å². The van der Waals surface area contributed by atoms with Gasteiger partial charge in [0.15, 0.2) is 11.3 Å². The lowest BCUT2D eigenvalue weighted by Gasteiger charge is -2.31. The van der Waals surface area contributed by atoms with Crippen molar-refractivity contribution in [2.24, 2.45) is 0 Å². The number of nitrogens with zero attached hydrogens (tertiary/aromatic N) is 2. The largest absolute Gasteiger partial charge is 0.465 e. The fourth-order valence-corrected chi connectivity index (χ4v) is 4.26. The SMILES string of the molecule is CN(C(=O)O)c1cc2cc(-c3ccc(C(=O)N4CCC(F)(F)CC4)cc3)cc(Oc3ccc(F)cc3)c2o1. The van der Waals surface area contributed by atoms with Crippen molar-refractivity contribution in [3.63, 3.8) is 0 Å². The Labute approximate surface area is 215 Å². The standard InChI is InChI=1S/C28H23F3N2O5/c1-32(27(35)36)24-16-20-14-19(15-23(25(20)38-24)37-22-8-6-21(29)7-9-22)17-2-4-18(5-3-17)26(34)33-12-10-28(30,31)11-13-33/h2-9,14-16H,10-13H2,1H3,(H,35,36). The summed E-state index contributed by atoms with van der Waals surface area (Å²) in [5.41, 5.74) is 2.11. The molecule has 38 heavy (non-hydrogen) atoms. The molecule has 1 aromatic heterocycles. The average molecular weight is 524 g/mol. The second-order valence-corrected chi connectivity index (χ2v) is 9.10. The first-order valence-corrected chi connectivity index (χ1v) is 11.8. The summed E-state index contributed by atoms with van der Waals surface area (Å²) in [6.45, 7) is 0.00387. The minimum atomic E-state index is -2.74. The molecule has 1 N–H and O–H groups in total. The molecule has 0 atom stereocenters. The summed E-state index contributed by atoms with van der Waals surface area (Å²) >= 11 is 0. The summed E-state index contributed by atoms with van der Waals surface area (Å²) in [5, 5.41) is 9.91. The summed E-state index contributed by atoms with van der Waals surface area (Å²) in [7, 11) is 1.35. The molecular formula is C28H23F3N2O5. The Morgan fingerprint density at radius 3 is 2.26 bits per heavy atom. The number of hydrogen-bond acceptors (Lipinski definition) is 4. The van der Waals surface area contributed by atoms with Crippen molar-refractivity contribution in [1.82, 2.24) is 4.90 Å². The quantitative estimate of drug-likeness (QED) is 0.303. The van der Waals surface area contributed by atoms with Gasteiger partial charge in [0, 0.05) is 50.0 Å².